The van der Waals surface area contributed by atoms with Gasteiger partial charge in [-0.15, -0.1) is 5.10 Å². The maximum atomic E-state index is 12.3. The van der Waals surface area contributed by atoms with Crippen molar-refractivity contribution in [1.29, 1.82) is 0 Å². The molecule has 0 saturated heterocycles. The summed E-state index contributed by atoms with van der Waals surface area (Å²) in [5.74, 6) is 0.0857. The number of carbonyl (C=O) groups excluding carboxylic acids is 2. The molecule has 1 saturated carbocycles. The molecule has 2 aromatic rings. The monoisotopic (exact) mass is 341 g/mol. The third kappa shape index (κ3) is 4.04. The maximum Gasteiger partial charge on any atom is 0.273 e. The number of benzene rings is 1. The third-order valence-corrected chi connectivity index (χ3v) is 4.52. The number of carbonyl (C=O) groups is 2. The van der Waals surface area contributed by atoms with Crippen molar-refractivity contribution in [3.05, 3.63) is 47.8 Å². The molecule has 1 aromatic heterocycles. The van der Waals surface area contributed by atoms with E-state index in [-0.39, 0.29) is 30.1 Å². The van der Waals surface area contributed by atoms with Crippen LogP contribution in [0.1, 0.15) is 42.2 Å². The Labute approximate surface area is 147 Å². The van der Waals surface area contributed by atoms with Gasteiger partial charge in [-0.2, -0.15) is 0 Å². The van der Waals surface area contributed by atoms with Gasteiger partial charge >= 0.3 is 0 Å². The van der Waals surface area contributed by atoms with E-state index in [9.17, 15) is 9.59 Å². The van der Waals surface area contributed by atoms with Crippen LogP contribution in [0.4, 0.5) is 0 Å². The van der Waals surface area contributed by atoms with Crippen molar-refractivity contribution in [2.75, 3.05) is 13.1 Å². The van der Waals surface area contributed by atoms with Crippen LogP contribution < -0.4 is 5.32 Å². The molecule has 1 aromatic carbocycles. The Kier molecular flexibility index (Phi) is 5.11. The van der Waals surface area contributed by atoms with Gasteiger partial charge in [0.05, 0.1) is 6.20 Å². The fourth-order valence-electron chi connectivity index (χ4n) is 2.96. The quantitative estimate of drug-likeness (QED) is 0.826. The number of nitrogens with one attached hydrogen (secondary N) is 1. The van der Waals surface area contributed by atoms with Gasteiger partial charge < -0.3 is 10.2 Å². The maximum absolute atomic E-state index is 12.3. The second kappa shape index (κ2) is 7.46. The van der Waals surface area contributed by atoms with Crippen LogP contribution >= 0.6 is 0 Å². The normalized spacial score (nSPS) is 18.6. The van der Waals surface area contributed by atoms with Gasteiger partial charge in [-0.1, -0.05) is 35.5 Å². The van der Waals surface area contributed by atoms with E-state index in [1.165, 1.54) is 16.4 Å². The van der Waals surface area contributed by atoms with Crippen LogP contribution in [-0.4, -0.2) is 50.8 Å². The highest BCUT2D eigenvalue weighted by Gasteiger charge is 2.39. The lowest BCUT2D eigenvalue weighted by Gasteiger charge is -2.17. The van der Waals surface area contributed by atoms with Crippen molar-refractivity contribution in [2.24, 2.45) is 0 Å². The Morgan fingerprint density at radius 1 is 1.24 bits per heavy atom. The van der Waals surface area contributed by atoms with Crippen LogP contribution in [0.3, 0.4) is 0 Å². The summed E-state index contributed by atoms with van der Waals surface area (Å²) in [7, 11) is 0. The fourth-order valence-corrected chi connectivity index (χ4v) is 2.96. The zero-order chi connectivity index (χ0) is 17.8. The number of hydrogen-bond donors (Lipinski definition) is 1. The van der Waals surface area contributed by atoms with Gasteiger partial charge in [-0.05, 0) is 25.8 Å². The molecule has 1 aliphatic rings. The van der Waals surface area contributed by atoms with E-state index >= 15 is 0 Å². The lowest BCUT2D eigenvalue weighted by Crippen LogP contribution is -2.33. The topological polar surface area (TPSA) is 80.1 Å². The average Bonchev–Trinajstić information content (AvgIpc) is 3.23. The number of likely N-dealkylation sites (N-methyl/N-ethyl adjacent to an activating group) is 1. The standard InChI is InChI=1S/C18H23N5O2/c1-3-22(4-2)17(24)12-23-11-16(20-21-23)18(25)19-15-10-14(15)13-8-6-5-7-9-13/h5-9,11,14-15H,3-4,10,12H2,1-2H3,(H,19,25)/t14-,15+/m0/s1. The highest BCUT2D eigenvalue weighted by atomic mass is 16.2. The summed E-state index contributed by atoms with van der Waals surface area (Å²) in [6.45, 7) is 5.26. The molecule has 3 rings (SSSR count). The van der Waals surface area contributed by atoms with Gasteiger partial charge in [-0.25, -0.2) is 4.68 Å². The molecule has 1 N–H and O–H groups in total. The first-order chi connectivity index (χ1) is 12.1. The summed E-state index contributed by atoms with van der Waals surface area (Å²) in [5, 5.41) is 10.8. The van der Waals surface area contributed by atoms with Crippen LogP contribution in [0.2, 0.25) is 0 Å². The van der Waals surface area contributed by atoms with E-state index in [1.807, 2.05) is 32.0 Å². The van der Waals surface area contributed by atoms with Crippen LogP contribution in [0.15, 0.2) is 36.5 Å². The molecule has 1 fully saturated rings. The van der Waals surface area contributed by atoms with Crippen molar-refractivity contribution < 1.29 is 9.59 Å². The molecule has 0 aliphatic heterocycles. The summed E-state index contributed by atoms with van der Waals surface area (Å²) in [6, 6.07) is 10.3. The van der Waals surface area contributed by atoms with Crippen molar-refractivity contribution in [1.82, 2.24) is 25.2 Å². The van der Waals surface area contributed by atoms with E-state index in [4.69, 9.17) is 0 Å². The molecule has 7 heteroatoms. The molecule has 0 spiro atoms. The van der Waals surface area contributed by atoms with Gasteiger partial charge in [0.1, 0.15) is 6.54 Å². The van der Waals surface area contributed by atoms with Crippen molar-refractivity contribution in [2.45, 2.75) is 38.8 Å². The summed E-state index contributed by atoms with van der Waals surface area (Å²) < 4.78 is 1.41. The lowest BCUT2D eigenvalue weighted by molar-refractivity contribution is -0.131. The molecule has 0 bridgehead atoms. The third-order valence-electron chi connectivity index (χ3n) is 4.52. The molecule has 2 atom stereocenters. The summed E-state index contributed by atoms with van der Waals surface area (Å²) in [4.78, 5) is 26.1. The van der Waals surface area contributed by atoms with Gasteiger partial charge in [0.25, 0.3) is 5.91 Å². The van der Waals surface area contributed by atoms with Gasteiger partial charge in [-0.3, -0.25) is 9.59 Å². The van der Waals surface area contributed by atoms with Crippen LogP contribution in [0.25, 0.3) is 0 Å². The minimum atomic E-state index is -0.245. The van der Waals surface area contributed by atoms with E-state index in [1.54, 1.807) is 4.90 Å². The summed E-state index contributed by atoms with van der Waals surface area (Å²) in [6.07, 6.45) is 2.46. The van der Waals surface area contributed by atoms with Crippen molar-refractivity contribution in [3.8, 4) is 0 Å². The lowest BCUT2D eigenvalue weighted by atomic mass is 10.1. The Bertz CT molecular complexity index is 739. The molecule has 1 aliphatic carbocycles. The Morgan fingerprint density at radius 3 is 2.64 bits per heavy atom. The minimum Gasteiger partial charge on any atom is -0.347 e. The Hall–Kier alpha value is -2.70. The van der Waals surface area contributed by atoms with Gasteiger partial charge in [0, 0.05) is 25.0 Å². The van der Waals surface area contributed by atoms with Crippen molar-refractivity contribution in [3.63, 3.8) is 0 Å². The highest BCUT2D eigenvalue weighted by molar-refractivity contribution is 5.92. The van der Waals surface area contributed by atoms with E-state index in [0.29, 0.717) is 19.0 Å². The summed E-state index contributed by atoms with van der Waals surface area (Å²) in [5.41, 5.74) is 1.48. The SMILES string of the molecule is CCN(CC)C(=O)Cn1cc(C(=O)N[C@@H]2C[C@H]2c2ccccc2)nn1. The zero-order valence-electron chi connectivity index (χ0n) is 14.6. The first kappa shape index (κ1) is 17.1. The second-order valence-electron chi connectivity index (χ2n) is 6.20. The second-order valence-corrected chi connectivity index (χ2v) is 6.20. The zero-order valence-corrected chi connectivity index (χ0v) is 14.6. The van der Waals surface area contributed by atoms with Crippen molar-refractivity contribution >= 4 is 11.8 Å². The smallest absolute Gasteiger partial charge is 0.273 e. The van der Waals surface area contributed by atoms with E-state index in [0.717, 1.165) is 6.42 Å². The number of hydrogen-bond acceptors (Lipinski definition) is 4. The molecular weight excluding hydrogens is 318 g/mol. The number of aromatic nitrogens is 3. The number of rotatable bonds is 7. The Morgan fingerprint density at radius 2 is 1.96 bits per heavy atom. The van der Waals surface area contributed by atoms with E-state index in [2.05, 4.69) is 27.8 Å². The van der Waals surface area contributed by atoms with Gasteiger partial charge in [0.15, 0.2) is 5.69 Å². The van der Waals surface area contributed by atoms with Gasteiger partial charge in [0.2, 0.25) is 5.91 Å². The molecule has 1 heterocycles. The first-order valence-corrected chi connectivity index (χ1v) is 8.66. The molecule has 132 valence electrons. The van der Waals surface area contributed by atoms with Crippen LogP contribution in [-0.2, 0) is 11.3 Å². The van der Waals surface area contributed by atoms with E-state index < -0.39 is 0 Å². The largest absolute Gasteiger partial charge is 0.347 e. The molecule has 7 nitrogen and oxygen atoms in total. The highest BCUT2D eigenvalue weighted by Crippen LogP contribution is 2.40. The average molecular weight is 341 g/mol. The minimum absolute atomic E-state index is 0.0341. The Balaban J connectivity index is 1.54. The predicted octanol–water partition coefficient (Wildman–Crippen LogP) is 1.43. The predicted molar refractivity (Wildman–Crippen MR) is 93.0 cm³/mol. The van der Waals surface area contributed by atoms with Crippen LogP contribution in [0.5, 0.6) is 0 Å². The molecule has 0 radical (unpaired) electrons. The fraction of sp³-hybridized carbons (Fsp3) is 0.444. The number of amides is 2. The molecular formula is C18H23N5O2. The molecule has 2 amide bonds. The summed E-state index contributed by atoms with van der Waals surface area (Å²) >= 11 is 0. The number of nitrogens with zero attached hydrogens (tertiary/aromatic N) is 4. The molecule has 25 heavy (non-hydrogen) atoms. The van der Waals surface area contributed by atoms with Crippen LogP contribution in [0, 0.1) is 0 Å². The first-order valence-electron chi connectivity index (χ1n) is 8.66. The molecule has 0 unspecified atom stereocenters.